The van der Waals surface area contributed by atoms with E-state index >= 15 is 0 Å². The summed E-state index contributed by atoms with van der Waals surface area (Å²) in [5.74, 6) is 0. The maximum atomic E-state index is 12.1. The molecule has 0 fully saturated rings. The van der Waals surface area contributed by atoms with Crippen LogP contribution >= 0.6 is 12.2 Å². The van der Waals surface area contributed by atoms with Crippen molar-refractivity contribution in [2.45, 2.75) is 33.1 Å². The second-order valence-electron chi connectivity index (χ2n) is 6.80. The normalized spacial score (nSPS) is 10.7. The van der Waals surface area contributed by atoms with Crippen LogP contribution in [0.4, 0.5) is 10.5 Å². The second kappa shape index (κ2) is 9.56. The molecule has 29 heavy (non-hydrogen) atoms. The molecule has 1 aromatic heterocycles. The van der Waals surface area contributed by atoms with Gasteiger partial charge in [0.1, 0.15) is 0 Å². The number of ether oxygens (including phenoxy) is 1. The molecule has 1 N–H and O–H groups in total. The fourth-order valence-corrected chi connectivity index (χ4v) is 3.75. The number of anilines is 1. The van der Waals surface area contributed by atoms with Gasteiger partial charge in [-0.15, -0.1) is 0 Å². The summed E-state index contributed by atoms with van der Waals surface area (Å²) in [6.07, 6.45) is 2.59. The molecule has 1 heterocycles. The Bertz CT molecular complexity index is 1040. The number of rotatable bonds is 7. The monoisotopic (exact) mass is 409 g/mol. The van der Waals surface area contributed by atoms with Crippen LogP contribution in [0.25, 0.3) is 16.9 Å². The molecule has 3 aromatic rings. The van der Waals surface area contributed by atoms with Gasteiger partial charge in [-0.2, -0.15) is 0 Å². The SMILES string of the molecule is CCCCc1c(-c2ccccc2NC(=O)OCC)n(-c2ccccc2)c(=S)n1C. The third kappa shape index (κ3) is 4.43. The molecule has 2 aromatic carbocycles. The molecule has 0 atom stereocenters. The Balaban J connectivity index is 2.24. The van der Waals surface area contributed by atoms with Crippen molar-refractivity contribution in [2.24, 2.45) is 7.05 Å². The molecule has 0 aliphatic heterocycles. The molecule has 6 heteroatoms. The van der Waals surface area contributed by atoms with E-state index in [-0.39, 0.29) is 0 Å². The predicted octanol–water partition coefficient (Wildman–Crippen LogP) is 6.12. The average molecular weight is 410 g/mol. The number of carbonyl (C=O) groups is 1. The lowest BCUT2D eigenvalue weighted by Gasteiger charge is -2.15. The van der Waals surface area contributed by atoms with Crippen molar-refractivity contribution < 1.29 is 9.53 Å². The van der Waals surface area contributed by atoms with Crippen molar-refractivity contribution in [1.29, 1.82) is 0 Å². The van der Waals surface area contributed by atoms with Crippen LogP contribution in [0.15, 0.2) is 54.6 Å². The van der Waals surface area contributed by atoms with Crippen molar-refractivity contribution in [3.05, 3.63) is 65.1 Å². The van der Waals surface area contributed by atoms with Gasteiger partial charge in [0.05, 0.1) is 18.0 Å². The van der Waals surface area contributed by atoms with Crippen molar-refractivity contribution >= 4 is 24.0 Å². The number of amides is 1. The van der Waals surface area contributed by atoms with Gasteiger partial charge in [0, 0.05) is 24.0 Å². The molecule has 0 unspecified atom stereocenters. The fraction of sp³-hybridized carbons (Fsp3) is 0.304. The number of carbonyl (C=O) groups excluding carboxylic acids is 1. The number of aromatic nitrogens is 2. The largest absolute Gasteiger partial charge is 0.450 e. The highest BCUT2D eigenvalue weighted by molar-refractivity contribution is 7.71. The molecule has 3 rings (SSSR count). The number of hydrogen-bond donors (Lipinski definition) is 1. The number of benzene rings is 2. The van der Waals surface area contributed by atoms with E-state index in [1.54, 1.807) is 6.92 Å². The second-order valence-corrected chi connectivity index (χ2v) is 7.17. The van der Waals surface area contributed by atoms with E-state index in [0.29, 0.717) is 12.3 Å². The molecule has 0 bridgehead atoms. The predicted molar refractivity (Wildman–Crippen MR) is 120 cm³/mol. The van der Waals surface area contributed by atoms with Crippen LogP contribution in [-0.4, -0.2) is 21.8 Å². The molecule has 0 aliphatic rings. The summed E-state index contributed by atoms with van der Waals surface area (Å²) in [6.45, 7) is 4.29. The van der Waals surface area contributed by atoms with E-state index < -0.39 is 6.09 Å². The molecule has 0 aliphatic carbocycles. The van der Waals surface area contributed by atoms with E-state index in [1.165, 1.54) is 0 Å². The molecule has 152 valence electrons. The van der Waals surface area contributed by atoms with Gasteiger partial charge in [-0.25, -0.2) is 4.79 Å². The number of para-hydroxylation sites is 2. The number of nitrogens with one attached hydrogen (secondary N) is 1. The topological polar surface area (TPSA) is 48.2 Å². The lowest BCUT2D eigenvalue weighted by molar-refractivity contribution is 0.168. The van der Waals surface area contributed by atoms with Gasteiger partial charge in [-0.3, -0.25) is 9.88 Å². The summed E-state index contributed by atoms with van der Waals surface area (Å²) in [6, 6.07) is 17.9. The van der Waals surface area contributed by atoms with Gasteiger partial charge in [0.15, 0.2) is 4.77 Å². The Morgan fingerprint density at radius 3 is 2.45 bits per heavy atom. The van der Waals surface area contributed by atoms with Crippen LogP contribution in [0, 0.1) is 4.77 Å². The van der Waals surface area contributed by atoms with Crippen molar-refractivity contribution in [3.63, 3.8) is 0 Å². The summed E-state index contributed by atoms with van der Waals surface area (Å²) in [4.78, 5) is 12.1. The van der Waals surface area contributed by atoms with Crippen LogP contribution in [0.5, 0.6) is 0 Å². The first kappa shape index (κ1) is 20.9. The van der Waals surface area contributed by atoms with E-state index in [1.807, 2.05) is 61.6 Å². The number of nitrogens with zero attached hydrogens (tertiary/aromatic N) is 2. The smallest absolute Gasteiger partial charge is 0.411 e. The van der Waals surface area contributed by atoms with Crippen molar-refractivity contribution in [2.75, 3.05) is 11.9 Å². The van der Waals surface area contributed by atoms with Crippen LogP contribution in [-0.2, 0) is 18.2 Å². The van der Waals surface area contributed by atoms with Gasteiger partial charge >= 0.3 is 6.09 Å². The van der Waals surface area contributed by atoms with E-state index in [4.69, 9.17) is 17.0 Å². The zero-order valence-electron chi connectivity index (χ0n) is 17.1. The maximum Gasteiger partial charge on any atom is 0.411 e. The Labute approximate surface area is 176 Å². The fourth-order valence-electron chi connectivity index (χ4n) is 3.45. The standard InChI is InChI=1S/C23H27N3O2S/c1-4-6-16-20-21(18-14-10-11-15-19(18)24-22(27)28-5-2)26(23(29)25(20)3)17-12-8-7-9-13-17/h7-15H,4-6,16H2,1-3H3,(H,24,27). The van der Waals surface area contributed by atoms with Crippen molar-refractivity contribution in [3.8, 4) is 16.9 Å². The first-order chi connectivity index (χ1) is 14.1. The van der Waals surface area contributed by atoms with E-state index in [0.717, 1.165) is 46.7 Å². The minimum absolute atomic E-state index is 0.321. The Kier molecular flexibility index (Phi) is 6.88. The summed E-state index contributed by atoms with van der Waals surface area (Å²) in [5, 5.41) is 2.88. The molecular formula is C23H27N3O2S. The highest BCUT2D eigenvalue weighted by Gasteiger charge is 2.21. The number of unbranched alkanes of at least 4 members (excludes halogenated alkanes) is 1. The Morgan fingerprint density at radius 2 is 1.76 bits per heavy atom. The van der Waals surface area contributed by atoms with Gasteiger partial charge in [-0.1, -0.05) is 49.7 Å². The average Bonchev–Trinajstić information content (AvgIpc) is 2.98. The lowest BCUT2D eigenvalue weighted by atomic mass is 10.0. The van der Waals surface area contributed by atoms with E-state index in [2.05, 4.69) is 21.4 Å². The highest BCUT2D eigenvalue weighted by atomic mass is 32.1. The van der Waals surface area contributed by atoms with Crippen LogP contribution in [0.3, 0.4) is 0 Å². The molecular weight excluding hydrogens is 382 g/mol. The van der Waals surface area contributed by atoms with Gasteiger partial charge in [-0.05, 0) is 50.2 Å². The number of hydrogen-bond acceptors (Lipinski definition) is 3. The zero-order valence-corrected chi connectivity index (χ0v) is 18.0. The first-order valence-electron chi connectivity index (χ1n) is 9.97. The third-order valence-corrected chi connectivity index (χ3v) is 5.31. The summed E-state index contributed by atoms with van der Waals surface area (Å²) < 4.78 is 9.99. The Hall–Kier alpha value is -2.86. The highest BCUT2D eigenvalue weighted by Crippen LogP contribution is 2.35. The lowest BCUT2D eigenvalue weighted by Crippen LogP contribution is -2.14. The summed E-state index contributed by atoms with van der Waals surface area (Å²) in [5.41, 5.74) is 4.77. The molecule has 5 nitrogen and oxygen atoms in total. The Morgan fingerprint density at radius 1 is 1.07 bits per heavy atom. The molecule has 0 radical (unpaired) electrons. The quantitative estimate of drug-likeness (QED) is 0.478. The maximum absolute atomic E-state index is 12.1. The summed E-state index contributed by atoms with van der Waals surface area (Å²) in [7, 11) is 2.01. The molecule has 0 saturated carbocycles. The van der Waals surface area contributed by atoms with Crippen LogP contribution < -0.4 is 5.32 Å². The first-order valence-corrected chi connectivity index (χ1v) is 10.4. The van der Waals surface area contributed by atoms with Gasteiger partial charge in [0.2, 0.25) is 0 Å². The van der Waals surface area contributed by atoms with Gasteiger partial charge < -0.3 is 9.30 Å². The molecule has 0 saturated heterocycles. The van der Waals surface area contributed by atoms with Gasteiger partial charge in [0.25, 0.3) is 0 Å². The third-order valence-electron chi connectivity index (χ3n) is 4.86. The summed E-state index contributed by atoms with van der Waals surface area (Å²) >= 11 is 5.82. The van der Waals surface area contributed by atoms with Crippen molar-refractivity contribution in [1.82, 2.24) is 9.13 Å². The number of imidazole rings is 1. The zero-order chi connectivity index (χ0) is 20.8. The molecule has 0 spiro atoms. The minimum Gasteiger partial charge on any atom is -0.450 e. The minimum atomic E-state index is -0.462. The van der Waals surface area contributed by atoms with Crippen LogP contribution in [0.2, 0.25) is 0 Å². The molecule has 1 amide bonds. The van der Waals surface area contributed by atoms with Crippen LogP contribution in [0.1, 0.15) is 32.4 Å². The van der Waals surface area contributed by atoms with E-state index in [9.17, 15) is 4.79 Å².